The first-order valence-corrected chi connectivity index (χ1v) is 7.78. The molecule has 21 heavy (non-hydrogen) atoms. The largest absolute Gasteiger partial charge is 0.298 e. The fourth-order valence-corrected chi connectivity index (χ4v) is 3.63. The number of hydrogen-bond acceptors (Lipinski definition) is 2. The molecule has 3 aromatic rings. The van der Waals surface area contributed by atoms with Crippen molar-refractivity contribution in [2.24, 2.45) is 0 Å². The lowest BCUT2D eigenvalue weighted by molar-refractivity contribution is 0.974. The summed E-state index contributed by atoms with van der Waals surface area (Å²) in [5, 5.41) is 1.12. The molecular weight excluding hydrogens is 326 g/mol. The van der Waals surface area contributed by atoms with Crippen LogP contribution in [0.25, 0.3) is 16.7 Å². The Morgan fingerprint density at radius 3 is 2.24 bits per heavy atom. The lowest BCUT2D eigenvalue weighted by Gasteiger charge is -2.15. The minimum atomic E-state index is 0.800. The Hall–Kier alpha value is -1.68. The second-order valence-electron chi connectivity index (χ2n) is 5.59. The highest BCUT2D eigenvalue weighted by molar-refractivity contribution is 9.10. The molecule has 0 unspecified atom stereocenters. The first kappa shape index (κ1) is 14.3. The molecule has 0 amide bonds. The van der Waals surface area contributed by atoms with Crippen LogP contribution in [0.5, 0.6) is 0 Å². The van der Waals surface area contributed by atoms with Gasteiger partial charge in [-0.15, -0.1) is 0 Å². The van der Waals surface area contributed by atoms with Gasteiger partial charge < -0.3 is 0 Å². The van der Waals surface area contributed by atoms with Gasteiger partial charge in [-0.05, 0) is 63.4 Å². The molecule has 0 atom stereocenters. The molecule has 2 aromatic heterocycles. The van der Waals surface area contributed by atoms with E-state index in [4.69, 9.17) is 0 Å². The van der Waals surface area contributed by atoms with Crippen LogP contribution in [0.3, 0.4) is 0 Å². The predicted molar refractivity (Wildman–Crippen MR) is 90.3 cm³/mol. The molecule has 4 heteroatoms. The van der Waals surface area contributed by atoms with Crippen LogP contribution in [-0.4, -0.2) is 14.5 Å². The zero-order chi connectivity index (χ0) is 15.3. The van der Waals surface area contributed by atoms with Crippen LogP contribution >= 0.6 is 15.9 Å². The van der Waals surface area contributed by atoms with Crippen LogP contribution in [0.4, 0.5) is 0 Å². The van der Waals surface area contributed by atoms with Crippen LogP contribution in [0.2, 0.25) is 0 Å². The Labute approximate surface area is 133 Å². The monoisotopic (exact) mass is 343 g/mol. The fourth-order valence-electron chi connectivity index (χ4n) is 2.94. The van der Waals surface area contributed by atoms with Gasteiger partial charge in [0.1, 0.15) is 11.5 Å². The molecule has 0 fully saturated rings. The number of hydrogen-bond donors (Lipinski definition) is 0. The van der Waals surface area contributed by atoms with Crippen molar-refractivity contribution >= 4 is 27.0 Å². The highest BCUT2D eigenvalue weighted by atomic mass is 79.9. The number of benzene rings is 1. The van der Waals surface area contributed by atoms with Gasteiger partial charge in [0, 0.05) is 21.7 Å². The van der Waals surface area contributed by atoms with Crippen molar-refractivity contribution in [1.82, 2.24) is 14.5 Å². The van der Waals surface area contributed by atoms with Gasteiger partial charge in [0.05, 0.1) is 5.69 Å². The molecule has 0 bridgehead atoms. The van der Waals surface area contributed by atoms with Gasteiger partial charge in [-0.25, -0.2) is 9.97 Å². The zero-order valence-electron chi connectivity index (χ0n) is 13.0. The van der Waals surface area contributed by atoms with E-state index in [0.29, 0.717) is 0 Å². The maximum Gasteiger partial charge on any atom is 0.148 e. The molecule has 0 N–H and O–H groups in total. The SMILES string of the molecule is Cc1ncc2c(C)c(C)n(-c3c(C)cc(Br)cc3C)c2n1. The predicted octanol–water partition coefficient (Wildman–Crippen LogP) is 4.73. The van der Waals surface area contributed by atoms with Gasteiger partial charge in [-0.3, -0.25) is 4.57 Å². The van der Waals surface area contributed by atoms with E-state index in [2.05, 4.69) is 70.3 Å². The number of halogens is 1. The second-order valence-corrected chi connectivity index (χ2v) is 6.50. The van der Waals surface area contributed by atoms with E-state index in [9.17, 15) is 0 Å². The maximum absolute atomic E-state index is 4.68. The van der Waals surface area contributed by atoms with Crippen molar-refractivity contribution in [2.45, 2.75) is 34.6 Å². The molecule has 0 saturated carbocycles. The normalized spacial score (nSPS) is 11.3. The molecule has 0 spiro atoms. The molecule has 3 nitrogen and oxygen atoms in total. The lowest BCUT2D eigenvalue weighted by Crippen LogP contribution is -2.04. The molecule has 2 heterocycles. The average Bonchev–Trinajstić information content (AvgIpc) is 2.62. The van der Waals surface area contributed by atoms with Crippen molar-refractivity contribution in [3.05, 3.63) is 51.0 Å². The van der Waals surface area contributed by atoms with Crippen molar-refractivity contribution in [2.75, 3.05) is 0 Å². The number of aromatic nitrogens is 3. The Morgan fingerprint density at radius 1 is 1.00 bits per heavy atom. The number of nitrogens with zero attached hydrogens (tertiary/aromatic N) is 3. The molecule has 0 aliphatic rings. The van der Waals surface area contributed by atoms with Crippen molar-refractivity contribution in [3.8, 4) is 5.69 Å². The van der Waals surface area contributed by atoms with Crippen LogP contribution in [-0.2, 0) is 0 Å². The number of rotatable bonds is 1. The van der Waals surface area contributed by atoms with E-state index in [1.54, 1.807) is 0 Å². The quantitative estimate of drug-likeness (QED) is 0.639. The van der Waals surface area contributed by atoms with Gasteiger partial charge in [0.25, 0.3) is 0 Å². The Morgan fingerprint density at radius 2 is 1.62 bits per heavy atom. The van der Waals surface area contributed by atoms with E-state index in [0.717, 1.165) is 21.3 Å². The van der Waals surface area contributed by atoms with Gasteiger partial charge in [0.2, 0.25) is 0 Å². The number of aryl methyl sites for hydroxylation is 4. The van der Waals surface area contributed by atoms with E-state index < -0.39 is 0 Å². The summed E-state index contributed by atoms with van der Waals surface area (Å²) in [7, 11) is 0. The summed E-state index contributed by atoms with van der Waals surface area (Å²) in [6, 6.07) is 4.30. The first-order valence-electron chi connectivity index (χ1n) is 6.98. The Kier molecular flexibility index (Phi) is 3.36. The number of fused-ring (bicyclic) bond motifs is 1. The highest BCUT2D eigenvalue weighted by Gasteiger charge is 2.17. The molecule has 0 radical (unpaired) electrons. The lowest BCUT2D eigenvalue weighted by atomic mass is 10.1. The van der Waals surface area contributed by atoms with Gasteiger partial charge in [0.15, 0.2) is 0 Å². The summed E-state index contributed by atoms with van der Waals surface area (Å²) in [5.74, 6) is 0.800. The average molecular weight is 344 g/mol. The zero-order valence-corrected chi connectivity index (χ0v) is 14.5. The smallest absolute Gasteiger partial charge is 0.148 e. The van der Waals surface area contributed by atoms with E-state index in [1.165, 1.54) is 28.1 Å². The van der Waals surface area contributed by atoms with Gasteiger partial charge in [-0.1, -0.05) is 15.9 Å². The minimum absolute atomic E-state index is 0.800. The summed E-state index contributed by atoms with van der Waals surface area (Å²) in [4.78, 5) is 9.02. The van der Waals surface area contributed by atoms with Crippen LogP contribution < -0.4 is 0 Å². The van der Waals surface area contributed by atoms with Crippen LogP contribution in [0.1, 0.15) is 28.2 Å². The minimum Gasteiger partial charge on any atom is -0.298 e. The molecule has 0 aliphatic heterocycles. The molecular formula is C17H18BrN3. The summed E-state index contributed by atoms with van der Waals surface area (Å²) in [6.07, 6.45) is 1.93. The standard InChI is InChI=1S/C17H18BrN3/c1-9-6-14(18)7-10(2)16(9)21-12(4)11(3)15-8-19-13(5)20-17(15)21/h6-8H,1-5H3. The third kappa shape index (κ3) is 2.18. The van der Waals surface area contributed by atoms with Crippen molar-refractivity contribution < 1.29 is 0 Å². The highest BCUT2D eigenvalue weighted by Crippen LogP contribution is 2.31. The molecule has 108 valence electrons. The van der Waals surface area contributed by atoms with Crippen molar-refractivity contribution in [3.63, 3.8) is 0 Å². The second kappa shape index (κ2) is 4.95. The molecule has 3 rings (SSSR count). The van der Waals surface area contributed by atoms with Gasteiger partial charge in [-0.2, -0.15) is 0 Å². The van der Waals surface area contributed by atoms with E-state index in [-0.39, 0.29) is 0 Å². The third-order valence-corrected chi connectivity index (χ3v) is 4.52. The fraction of sp³-hybridized carbons (Fsp3) is 0.294. The third-order valence-electron chi connectivity index (χ3n) is 4.06. The van der Waals surface area contributed by atoms with Crippen molar-refractivity contribution in [1.29, 1.82) is 0 Å². The van der Waals surface area contributed by atoms with Crippen LogP contribution in [0, 0.1) is 34.6 Å². The first-order chi connectivity index (χ1) is 9.90. The molecule has 1 aromatic carbocycles. The summed E-state index contributed by atoms with van der Waals surface area (Å²) in [6.45, 7) is 10.5. The Bertz CT molecular complexity index is 839. The van der Waals surface area contributed by atoms with Crippen LogP contribution in [0.15, 0.2) is 22.8 Å². The topological polar surface area (TPSA) is 30.7 Å². The maximum atomic E-state index is 4.68. The van der Waals surface area contributed by atoms with E-state index in [1.807, 2.05) is 13.1 Å². The summed E-state index contributed by atoms with van der Waals surface area (Å²) in [5.41, 5.74) is 7.14. The van der Waals surface area contributed by atoms with Gasteiger partial charge >= 0.3 is 0 Å². The summed E-state index contributed by atoms with van der Waals surface area (Å²) < 4.78 is 3.37. The molecule has 0 saturated heterocycles. The molecule has 0 aliphatic carbocycles. The summed E-state index contributed by atoms with van der Waals surface area (Å²) >= 11 is 3.57. The van der Waals surface area contributed by atoms with E-state index >= 15 is 0 Å². The Balaban J connectivity index is 2.46.